The van der Waals surface area contributed by atoms with Crippen LogP contribution in [0.25, 0.3) is 0 Å². The number of ether oxygens (including phenoxy) is 3. The van der Waals surface area contributed by atoms with Crippen LogP contribution in [-0.2, 0) is 4.74 Å². The first-order chi connectivity index (χ1) is 12.6. The summed E-state index contributed by atoms with van der Waals surface area (Å²) in [6.07, 6.45) is 2.50. The van der Waals surface area contributed by atoms with Gasteiger partial charge < -0.3 is 19.5 Å². The van der Waals surface area contributed by atoms with Gasteiger partial charge in [0.25, 0.3) is 0 Å². The van der Waals surface area contributed by atoms with E-state index in [2.05, 4.69) is 5.32 Å². The molecule has 0 spiro atoms. The van der Waals surface area contributed by atoms with Crippen LogP contribution in [0.4, 0.5) is 4.79 Å². The number of hydrogen-bond acceptors (Lipinski definition) is 4. The molecule has 0 radical (unpaired) electrons. The molecule has 0 saturated carbocycles. The molecular weight excluding hydrogens is 436 g/mol. The molecule has 0 aliphatic rings. The second-order valence-electron chi connectivity index (χ2n) is 6.51. The Morgan fingerprint density at radius 3 is 2.30 bits per heavy atom. The Labute approximate surface area is 179 Å². The predicted octanol–water partition coefficient (Wildman–Crippen LogP) is 6.37. The van der Waals surface area contributed by atoms with Gasteiger partial charge in [0.2, 0.25) is 0 Å². The number of carbonyl (C=O) groups is 1. The fourth-order valence-corrected chi connectivity index (χ4v) is 2.57. The quantitative estimate of drug-likeness (QED) is 0.436. The van der Waals surface area contributed by atoms with E-state index in [9.17, 15) is 4.79 Å². The van der Waals surface area contributed by atoms with E-state index in [0.29, 0.717) is 41.1 Å². The third-order valence-electron chi connectivity index (χ3n) is 2.95. The maximum absolute atomic E-state index is 11.5. The maximum atomic E-state index is 11.5. The Bertz CT molecular complexity index is 632. The van der Waals surface area contributed by atoms with Gasteiger partial charge >= 0.3 is 6.09 Å². The molecule has 1 rings (SSSR count). The van der Waals surface area contributed by atoms with Crippen LogP contribution in [0.15, 0.2) is 22.7 Å². The number of halogens is 4. The Morgan fingerprint density at radius 2 is 1.74 bits per heavy atom. The first-order valence-corrected chi connectivity index (χ1v) is 9.82. The van der Waals surface area contributed by atoms with Gasteiger partial charge in [-0.15, -0.1) is 0 Å². The zero-order chi connectivity index (χ0) is 20.4. The molecule has 0 saturated heterocycles. The highest BCUT2D eigenvalue weighted by Gasteiger charge is 2.15. The molecule has 1 aromatic rings. The van der Waals surface area contributed by atoms with E-state index >= 15 is 0 Å². The van der Waals surface area contributed by atoms with Crippen molar-refractivity contribution in [2.75, 3.05) is 19.8 Å². The molecule has 1 aromatic carbocycles. The highest BCUT2D eigenvalue weighted by Crippen LogP contribution is 2.37. The zero-order valence-electron chi connectivity index (χ0n) is 15.4. The summed E-state index contributed by atoms with van der Waals surface area (Å²) in [5.74, 6) is 0.862. The van der Waals surface area contributed by atoms with E-state index in [0.717, 1.165) is 6.42 Å². The molecule has 0 heterocycles. The van der Waals surface area contributed by atoms with Gasteiger partial charge in [0.05, 0.1) is 16.7 Å². The fraction of sp³-hybridized carbons (Fsp3) is 0.500. The van der Waals surface area contributed by atoms with Crippen molar-refractivity contribution in [1.82, 2.24) is 5.32 Å². The summed E-state index contributed by atoms with van der Waals surface area (Å²) in [6, 6.07) is 3.20. The molecule has 9 heteroatoms. The Hall–Kier alpha value is -1.01. The van der Waals surface area contributed by atoms with Crippen LogP contribution in [0, 0.1) is 0 Å². The first-order valence-electron chi connectivity index (χ1n) is 8.31. The summed E-state index contributed by atoms with van der Waals surface area (Å²) in [4.78, 5) is 11.5. The van der Waals surface area contributed by atoms with Gasteiger partial charge in [0.15, 0.2) is 5.75 Å². The first kappa shape index (κ1) is 24.0. The van der Waals surface area contributed by atoms with Gasteiger partial charge in [-0.05, 0) is 39.7 Å². The summed E-state index contributed by atoms with van der Waals surface area (Å²) in [6.45, 7) is 6.53. The fourth-order valence-electron chi connectivity index (χ4n) is 1.86. The largest absolute Gasteiger partial charge is 0.490 e. The molecule has 0 unspecified atom stereocenters. The number of carbonyl (C=O) groups excluding carboxylic acids is 1. The molecule has 0 bridgehead atoms. The number of alkyl carbamates (subject to hydrolysis) is 1. The Morgan fingerprint density at radius 1 is 1.11 bits per heavy atom. The Kier molecular flexibility index (Phi) is 10.5. The number of benzene rings is 1. The van der Waals surface area contributed by atoms with Crippen molar-refractivity contribution in [2.24, 2.45) is 0 Å². The third-order valence-corrected chi connectivity index (χ3v) is 3.82. The minimum Gasteiger partial charge on any atom is -0.490 e. The SMILES string of the molecule is CC(C)(C)OC(=O)NCCCCOc1c(Cl)cc(OCC=C(Cl)Cl)cc1Cl. The molecule has 1 N–H and O–H groups in total. The molecule has 0 aliphatic heterocycles. The van der Waals surface area contributed by atoms with Gasteiger partial charge in [0.1, 0.15) is 22.4 Å². The highest BCUT2D eigenvalue weighted by molar-refractivity contribution is 6.55. The molecular formula is C18H23Cl4NO4. The molecule has 0 aromatic heterocycles. The minimum absolute atomic E-state index is 0.119. The summed E-state index contributed by atoms with van der Waals surface area (Å²) >= 11 is 23.4. The summed E-state index contributed by atoms with van der Waals surface area (Å²) in [7, 11) is 0. The standard InChI is InChI=1S/C18H23Cl4NO4/c1-18(2,3)27-17(24)23-7-4-5-8-26-16-13(19)10-12(11-14(16)20)25-9-6-15(21)22/h6,10-11H,4-5,7-9H2,1-3H3,(H,23,24). The highest BCUT2D eigenvalue weighted by atomic mass is 35.5. The van der Waals surface area contributed by atoms with Crippen molar-refractivity contribution < 1.29 is 19.0 Å². The van der Waals surface area contributed by atoms with Gasteiger partial charge in [-0.3, -0.25) is 0 Å². The van der Waals surface area contributed by atoms with Crippen LogP contribution < -0.4 is 14.8 Å². The monoisotopic (exact) mass is 457 g/mol. The summed E-state index contributed by atoms with van der Waals surface area (Å²) < 4.78 is 16.3. The molecule has 0 fully saturated rings. The number of unbranched alkanes of at least 4 members (excludes halogenated alkanes) is 1. The van der Waals surface area contributed by atoms with E-state index in [-0.39, 0.29) is 11.1 Å². The maximum Gasteiger partial charge on any atom is 0.407 e. The predicted molar refractivity (Wildman–Crippen MR) is 111 cm³/mol. The average molecular weight is 459 g/mol. The number of amides is 1. The van der Waals surface area contributed by atoms with Crippen molar-refractivity contribution in [3.05, 3.63) is 32.7 Å². The van der Waals surface area contributed by atoms with Crippen molar-refractivity contribution in [3.63, 3.8) is 0 Å². The molecule has 1 amide bonds. The van der Waals surface area contributed by atoms with Gasteiger partial charge in [-0.2, -0.15) is 0 Å². The lowest BCUT2D eigenvalue weighted by Gasteiger charge is -2.19. The van der Waals surface area contributed by atoms with Gasteiger partial charge in [-0.25, -0.2) is 4.79 Å². The van der Waals surface area contributed by atoms with Gasteiger partial charge in [-0.1, -0.05) is 46.4 Å². The molecule has 0 atom stereocenters. The number of hydrogen-bond donors (Lipinski definition) is 1. The zero-order valence-corrected chi connectivity index (χ0v) is 18.4. The lowest BCUT2D eigenvalue weighted by molar-refractivity contribution is 0.0526. The number of rotatable bonds is 9. The normalized spacial score (nSPS) is 10.9. The average Bonchev–Trinajstić information content (AvgIpc) is 2.50. The van der Waals surface area contributed by atoms with Crippen molar-refractivity contribution in [3.8, 4) is 11.5 Å². The van der Waals surface area contributed by atoms with Crippen molar-refractivity contribution in [1.29, 1.82) is 0 Å². The van der Waals surface area contributed by atoms with Crippen LogP contribution in [0.1, 0.15) is 33.6 Å². The second kappa shape index (κ2) is 11.7. The lowest BCUT2D eigenvalue weighted by Crippen LogP contribution is -2.33. The van der Waals surface area contributed by atoms with Gasteiger partial charge in [0, 0.05) is 18.7 Å². The van der Waals surface area contributed by atoms with E-state index in [1.54, 1.807) is 12.1 Å². The van der Waals surface area contributed by atoms with E-state index in [1.807, 2.05) is 20.8 Å². The van der Waals surface area contributed by atoms with E-state index < -0.39 is 11.7 Å². The van der Waals surface area contributed by atoms with Crippen LogP contribution in [-0.4, -0.2) is 31.5 Å². The Balaban J connectivity index is 2.36. The smallest absolute Gasteiger partial charge is 0.407 e. The van der Waals surface area contributed by atoms with E-state index in [1.165, 1.54) is 6.08 Å². The number of nitrogens with one attached hydrogen (secondary N) is 1. The van der Waals surface area contributed by atoms with Crippen LogP contribution >= 0.6 is 46.4 Å². The second-order valence-corrected chi connectivity index (χ2v) is 8.33. The minimum atomic E-state index is -0.511. The van der Waals surface area contributed by atoms with Crippen LogP contribution in [0.3, 0.4) is 0 Å². The lowest BCUT2D eigenvalue weighted by atomic mass is 10.2. The summed E-state index contributed by atoms with van der Waals surface area (Å²) in [5, 5.41) is 3.36. The van der Waals surface area contributed by atoms with Crippen LogP contribution in [0.5, 0.6) is 11.5 Å². The molecule has 5 nitrogen and oxygen atoms in total. The molecule has 0 aliphatic carbocycles. The third kappa shape index (κ3) is 10.8. The van der Waals surface area contributed by atoms with Crippen LogP contribution in [0.2, 0.25) is 10.0 Å². The summed E-state index contributed by atoms with van der Waals surface area (Å²) in [5.41, 5.74) is -0.511. The van der Waals surface area contributed by atoms with E-state index in [4.69, 9.17) is 60.6 Å². The van der Waals surface area contributed by atoms with Crippen molar-refractivity contribution >= 4 is 52.5 Å². The van der Waals surface area contributed by atoms with Crippen molar-refractivity contribution in [2.45, 2.75) is 39.2 Å². The molecule has 152 valence electrons. The molecule has 27 heavy (non-hydrogen) atoms. The topological polar surface area (TPSA) is 56.8 Å².